The fourth-order valence-corrected chi connectivity index (χ4v) is 12.9. The van der Waals surface area contributed by atoms with E-state index in [0.717, 1.165) is 65.6 Å². The normalized spacial score (nSPS) is 11.5. The lowest BCUT2D eigenvalue weighted by molar-refractivity contribution is 0.469. The zero-order valence-corrected chi connectivity index (χ0v) is 73.4. The Morgan fingerprint density at radius 2 is 0.737 bits per heavy atom. The first-order chi connectivity index (χ1) is 55.8. The molecule has 0 bridgehead atoms. The lowest BCUT2D eigenvalue weighted by Gasteiger charge is -2.19. The number of nitrogens with zero attached hydrogens (tertiary/aromatic N) is 6. The summed E-state index contributed by atoms with van der Waals surface area (Å²) < 4.78 is 0.886. The van der Waals surface area contributed by atoms with Crippen molar-refractivity contribution in [2.75, 3.05) is 0 Å². The Bertz CT molecular complexity index is 5860. The maximum absolute atomic E-state index is 10.1. The summed E-state index contributed by atoms with van der Waals surface area (Å²) in [5, 5.41) is 84.4. The van der Waals surface area contributed by atoms with Crippen LogP contribution in [0.4, 0.5) is 34.1 Å². The van der Waals surface area contributed by atoms with Crippen molar-refractivity contribution in [2.45, 2.75) is 101 Å². The van der Waals surface area contributed by atoms with E-state index in [0.29, 0.717) is 91.8 Å². The standard InChI is InChI=1S/C18H20ClNO2.C18H14ClNO.C18H21NO2.C15H15NO.C14H11BrClNO.C14H10Cl3NO/c1-11-7-14(19)8-12(17(11)22)10-20-15-9-13(18(2,3)4)5-6-16(15)21;1-12-6-8-14(10-17(12)19)20-11-16-15-5-3-2-4-13(15)7-9-18(16)21;1-12-5-7-16(20)13(9-12)11-19-15-10-14(18(2,3)4)6-8-17(15)21;1-11-7-8-14(12(2)9-11)16-10-13-5-3-4-6-15(13)17;1-9-2-4-12(16)13(6-9)17-8-10-7-11(15)3-5-14(10)18;1-8-2-10(15)3-9(14(8)19)7-18-13-5-11(16)4-12(17)6-13/h5-10,21-22H,1-4H3;2-11,21H,1H3;5-11,20-21H,1-4H3;3-10,17H,1-2H3;2-8,18H,1H3;2-7,19H,1H3. The van der Waals surface area contributed by atoms with Crippen LogP contribution in [0.25, 0.3) is 10.8 Å². The molecule has 0 fully saturated rings. The minimum atomic E-state index is -0.0350. The van der Waals surface area contributed by atoms with Gasteiger partial charge in [-0.1, -0.05) is 223 Å². The summed E-state index contributed by atoms with van der Waals surface area (Å²) in [7, 11) is 0. The van der Waals surface area contributed by atoms with Crippen molar-refractivity contribution in [3.8, 4) is 46.0 Å². The zero-order chi connectivity index (χ0) is 86.3. The first-order valence-electron chi connectivity index (χ1n) is 37.0. The van der Waals surface area contributed by atoms with Gasteiger partial charge in [-0.3, -0.25) is 30.0 Å². The van der Waals surface area contributed by atoms with Gasteiger partial charge in [0, 0.05) is 100 Å². The predicted molar refractivity (Wildman–Crippen MR) is 500 cm³/mol. The van der Waals surface area contributed by atoms with Gasteiger partial charge in [0.25, 0.3) is 0 Å². The maximum atomic E-state index is 10.1. The molecule has 606 valence electrons. The van der Waals surface area contributed by atoms with Crippen molar-refractivity contribution < 1.29 is 40.9 Å². The molecule has 14 nitrogen and oxygen atoms in total. The van der Waals surface area contributed by atoms with E-state index < -0.39 is 0 Å². The average Bonchev–Trinajstić information content (AvgIpc) is 0.786. The van der Waals surface area contributed by atoms with Gasteiger partial charge in [0.15, 0.2) is 0 Å². The molecule has 0 radical (unpaired) electrons. The van der Waals surface area contributed by atoms with Gasteiger partial charge in [-0.05, 0) is 255 Å². The van der Waals surface area contributed by atoms with Crippen LogP contribution in [-0.2, 0) is 10.8 Å². The summed E-state index contributed by atoms with van der Waals surface area (Å²) in [5.74, 6) is 1.35. The Hall–Kier alpha value is -11.2. The molecule has 0 atom stereocenters. The van der Waals surface area contributed by atoms with E-state index in [-0.39, 0.29) is 56.8 Å². The minimum absolute atomic E-state index is 0.0105. The summed E-state index contributed by atoms with van der Waals surface area (Å²) in [6.07, 6.45) is 9.57. The second-order valence-corrected chi connectivity index (χ2v) is 33.1. The molecule has 0 amide bonds. The van der Waals surface area contributed by atoms with Gasteiger partial charge >= 0.3 is 0 Å². The zero-order valence-electron chi connectivity index (χ0n) is 67.3. The number of hydrogen-bond acceptors (Lipinski definition) is 14. The summed E-state index contributed by atoms with van der Waals surface area (Å²) in [6.45, 7) is 26.1. The second-order valence-electron chi connectivity index (χ2n) is 29.6. The van der Waals surface area contributed by atoms with E-state index in [1.165, 1.54) is 18.0 Å². The van der Waals surface area contributed by atoms with Crippen molar-refractivity contribution in [2.24, 2.45) is 30.0 Å². The summed E-state index contributed by atoms with van der Waals surface area (Å²) in [4.78, 5) is 26.0. The molecule has 0 saturated carbocycles. The highest BCUT2D eigenvalue weighted by Crippen LogP contribution is 2.38. The molecular formula is C97H91BrCl6N6O8. The number of aromatic hydroxyl groups is 8. The number of para-hydroxylation sites is 1. The van der Waals surface area contributed by atoms with Crippen molar-refractivity contribution in [3.63, 3.8) is 0 Å². The SMILES string of the molecule is Cc1cc(Cl)cc(C=Nc2cc(C(C)(C)C)ccc2O)c1O.Cc1cc(Cl)cc(C=Nc2cc(Cl)cc(Cl)c2)c1O.Cc1ccc(Cl)c(N=Cc2cc(Br)ccc2O)c1.Cc1ccc(N=Cc2c(O)ccc3ccccc23)cc1Cl.Cc1ccc(N=Cc2ccccc2O)c(C)c1.Cc1ccc(O)c(C=Nc2cc(C(C)(C)C)ccc2O)c1. The Morgan fingerprint density at radius 3 is 1.31 bits per heavy atom. The molecule has 0 saturated heterocycles. The Morgan fingerprint density at radius 1 is 0.288 bits per heavy atom. The van der Waals surface area contributed by atoms with E-state index in [1.807, 2.05) is 155 Å². The third kappa shape index (κ3) is 28.0. The third-order valence-electron chi connectivity index (χ3n) is 17.9. The molecular weight excluding hydrogens is 1670 g/mol. The first kappa shape index (κ1) is 92.3. The number of hydrogen-bond donors (Lipinski definition) is 8. The third-order valence-corrected chi connectivity index (χ3v) is 19.9. The van der Waals surface area contributed by atoms with Gasteiger partial charge in [-0.15, -0.1) is 0 Å². The molecule has 13 rings (SSSR count). The molecule has 0 aromatic heterocycles. The van der Waals surface area contributed by atoms with Crippen molar-refractivity contribution >= 4 is 168 Å². The van der Waals surface area contributed by atoms with Crippen LogP contribution in [0.5, 0.6) is 46.0 Å². The number of rotatable bonds is 12. The Balaban J connectivity index is 0.000000177. The Labute approximate surface area is 728 Å². The number of phenolic OH excluding ortho intramolecular Hbond substituents is 8. The molecule has 0 spiro atoms. The molecule has 13 aromatic rings. The van der Waals surface area contributed by atoms with E-state index >= 15 is 0 Å². The Kier molecular flexibility index (Phi) is 33.4. The van der Waals surface area contributed by atoms with Gasteiger partial charge < -0.3 is 40.9 Å². The van der Waals surface area contributed by atoms with Crippen LogP contribution in [0.1, 0.15) is 125 Å². The fraction of sp³-hybridized carbons (Fsp3) is 0.155. The molecule has 118 heavy (non-hydrogen) atoms. The lowest BCUT2D eigenvalue weighted by atomic mass is 9.87. The van der Waals surface area contributed by atoms with Crippen molar-refractivity contribution in [1.82, 2.24) is 0 Å². The minimum Gasteiger partial charge on any atom is -0.507 e. The van der Waals surface area contributed by atoms with Crippen LogP contribution < -0.4 is 0 Å². The lowest BCUT2D eigenvalue weighted by Crippen LogP contribution is -2.10. The van der Waals surface area contributed by atoms with E-state index in [9.17, 15) is 40.9 Å². The van der Waals surface area contributed by atoms with Crippen LogP contribution in [-0.4, -0.2) is 78.1 Å². The van der Waals surface area contributed by atoms with Gasteiger partial charge in [0.1, 0.15) is 57.4 Å². The van der Waals surface area contributed by atoms with Gasteiger partial charge in [0.05, 0.1) is 27.8 Å². The number of phenols is 8. The number of fused-ring (bicyclic) bond motifs is 1. The predicted octanol–water partition coefficient (Wildman–Crippen LogP) is 28.9. The van der Waals surface area contributed by atoms with Crippen molar-refractivity contribution in [3.05, 3.63) is 349 Å². The van der Waals surface area contributed by atoms with Crippen LogP contribution in [0.2, 0.25) is 30.1 Å². The summed E-state index contributed by atoms with van der Waals surface area (Å²) in [6, 6.07) is 69.0. The number of aryl methyl sites for hydroxylation is 7. The average molecular weight is 1760 g/mol. The first-order valence-corrected chi connectivity index (χ1v) is 40.1. The van der Waals surface area contributed by atoms with Gasteiger partial charge in [0.2, 0.25) is 0 Å². The van der Waals surface area contributed by atoms with Crippen LogP contribution in [0, 0.1) is 48.5 Å². The molecule has 21 heteroatoms. The number of halogens is 7. The molecule has 13 aromatic carbocycles. The second kappa shape index (κ2) is 42.8. The monoisotopic (exact) mass is 1760 g/mol. The molecule has 0 heterocycles. The largest absolute Gasteiger partial charge is 0.507 e. The maximum Gasteiger partial charge on any atom is 0.141 e. The molecule has 0 unspecified atom stereocenters. The number of benzene rings is 13. The van der Waals surface area contributed by atoms with Gasteiger partial charge in [-0.2, -0.15) is 0 Å². The van der Waals surface area contributed by atoms with E-state index in [4.69, 9.17) is 69.6 Å². The van der Waals surface area contributed by atoms with Crippen LogP contribution >= 0.6 is 85.5 Å². The highest BCUT2D eigenvalue weighted by atomic mass is 79.9. The highest BCUT2D eigenvalue weighted by molar-refractivity contribution is 9.10. The fourth-order valence-electron chi connectivity index (χ4n) is 11.1. The molecule has 0 aliphatic carbocycles. The summed E-state index contributed by atoms with van der Waals surface area (Å²) >= 11 is 39.2. The van der Waals surface area contributed by atoms with E-state index in [1.54, 1.807) is 136 Å². The topological polar surface area (TPSA) is 236 Å². The molecule has 0 aliphatic heterocycles. The smallest absolute Gasteiger partial charge is 0.141 e. The van der Waals surface area contributed by atoms with Crippen molar-refractivity contribution in [1.29, 1.82) is 0 Å². The number of aliphatic imine (C=N–C) groups is 6. The van der Waals surface area contributed by atoms with E-state index in [2.05, 4.69) is 100 Å². The molecule has 0 aliphatic rings. The molecule has 8 N–H and O–H groups in total. The summed E-state index contributed by atoms with van der Waals surface area (Å²) in [5.41, 5.74) is 16.7. The quantitative estimate of drug-likeness (QED) is 0.0547. The van der Waals surface area contributed by atoms with Crippen LogP contribution in [0.3, 0.4) is 0 Å². The highest BCUT2D eigenvalue weighted by Gasteiger charge is 2.18. The van der Waals surface area contributed by atoms with Crippen LogP contribution in [0.15, 0.2) is 265 Å². The van der Waals surface area contributed by atoms with Gasteiger partial charge in [-0.25, -0.2) is 0 Å².